The third kappa shape index (κ3) is 6.25. The lowest BCUT2D eigenvalue weighted by Crippen LogP contribution is -2.54. The molecule has 1 saturated heterocycles. The van der Waals surface area contributed by atoms with E-state index in [-0.39, 0.29) is 63.8 Å². The highest BCUT2D eigenvalue weighted by Crippen LogP contribution is 2.46. The van der Waals surface area contributed by atoms with Crippen molar-refractivity contribution < 1.29 is 36.3 Å². The van der Waals surface area contributed by atoms with Gasteiger partial charge in [0, 0.05) is 62.0 Å². The van der Waals surface area contributed by atoms with Gasteiger partial charge >= 0.3 is 12.2 Å². The van der Waals surface area contributed by atoms with E-state index in [0.717, 1.165) is 29.8 Å². The van der Waals surface area contributed by atoms with E-state index in [1.54, 1.807) is 4.90 Å². The van der Waals surface area contributed by atoms with E-state index in [9.17, 15) is 36.3 Å². The molecule has 2 aliphatic carbocycles. The Labute approximate surface area is 263 Å². The number of imidazole rings is 1. The average molecular weight is 670 g/mol. The van der Waals surface area contributed by atoms with Gasteiger partial charge in [0.15, 0.2) is 11.5 Å². The molecule has 4 amide bonds. The number of rotatable bonds is 8. The lowest BCUT2D eigenvalue weighted by Gasteiger charge is -2.34. The van der Waals surface area contributed by atoms with Crippen LogP contribution in [0.1, 0.15) is 39.5 Å². The number of amides is 4. The highest BCUT2D eigenvalue weighted by Gasteiger charge is 2.57. The molecular weight excluding hydrogens is 641 g/mol. The number of alkyl halides is 5. The zero-order chi connectivity index (χ0) is 33.1. The number of nitrogens with zero attached hydrogens (tertiary/aromatic N) is 5. The van der Waals surface area contributed by atoms with E-state index < -0.39 is 42.2 Å². The Bertz CT molecular complexity index is 1670. The molecule has 2 saturated carbocycles. The van der Waals surface area contributed by atoms with Gasteiger partial charge in [-0.3, -0.25) is 14.3 Å². The lowest BCUT2D eigenvalue weighted by molar-refractivity contribution is -0.141. The van der Waals surface area contributed by atoms with Gasteiger partial charge in [0.1, 0.15) is 6.54 Å². The number of hydrogen-bond acceptors (Lipinski definition) is 6. The van der Waals surface area contributed by atoms with Crippen molar-refractivity contribution in [2.45, 2.75) is 50.1 Å². The number of halogens is 6. The first-order valence-electron chi connectivity index (χ1n) is 14.4. The molecule has 3 heterocycles. The molecule has 0 radical (unpaired) electrons. The molecular formula is C28H29ClF5N9O3. The summed E-state index contributed by atoms with van der Waals surface area (Å²) in [4.78, 5) is 44.0. The number of nitrogens with two attached hydrogens (primary N) is 1. The number of piperidine rings is 1. The zero-order valence-corrected chi connectivity index (χ0v) is 24.9. The summed E-state index contributed by atoms with van der Waals surface area (Å²) in [6.45, 7) is 0.0194. The Morgan fingerprint density at radius 1 is 1.11 bits per heavy atom. The second kappa shape index (κ2) is 11.8. The van der Waals surface area contributed by atoms with Crippen molar-refractivity contribution in [3.05, 3.63) is 52.7 Å². The van der Waals surface area contributed by atoms with Crippen LogP contribution in [-0.4, -0.2) is 79.7 Å². The maximum atomic E-state index is 13.6. The van der Waals surface area contributed by atoms with Gasteiger partial charge in [-0.1, -0.05) is 11.6 Å². The molecule has 3 aromatic rings. The fourth-order valence-electron chi connectivity index (χ4n) is 6.07. The second-order valence-corrected chi connectivity index (χ2v) is 12.2. The first kappa shape index (κ1) is 31.7. The first-order chi connectivity index (χ1) is 21.7. The van der Waals surface area contributed by atoms with Crippen LogP contribution in [0, 0.1) is 11.8 Å². The van der Waals surface area contributed by atoms with Gasteiger partial charge in [-0.25, -0.2) is 18.6 Å². The van der Waals surface area contributed by atoms with Crippen LogP contribution in [0.25, 0.3) is 11.3 Å². The summed E-state index contributed by atoms with van der Waals surface area (Å²) < 4.78 is 68.0. The van der Waals surface area contributed by atoms with Crippen LogP contribution in [0.15, 0.2) is 30.6 Å². The molecule has 2 aromatic heterocycles. The molecule has 3 fully saturated rings. The van der Waals surface area contributed by atoms with Crippen LogP contribution in [0.3, 0.4) is 0 Å². The van der Waals surface area contributed by atoms with Crippen molar-refractivity contribution >= 4 is 35.1 Å². The molecule has 46 heavy (non-hydrogen) atoms. The minimum Gasteiger partial charge on any atom is -0.349 e. The van der Waals surface area contributed by atoms with Crippen LogP contribution in [0.4, 0.5) is 32.4 Å². The number of aromatic nitrogens is 4. The fourth-order valence-corrected chi connectivity index (χ4v) is 6.34. The number of urea groups is 1. The molecule has 1 aliphatic heterocycles. The Morgan fingerprint density at radius 3 is 2.41 bits per heavy atom. The van der Waals surface area contributed by atoms with Crippen molar-refractivity contribution in [2.24, 2.45) is 24.6 Å². The fraction of sp³-hybridized carbons (Fsp3) is 0.464. The van der Waals surface area contributed by atoms with E-state index in [1.165, 1.54) is 25.2 Å². The molecule has 3 atom stereocenters. The number of benzene rings is 1. The standard InChI is InChI=1S/C28H29ClF5N9O3/c1-41-20(18-10-43(11-21(30)31)40-23(18)28(32,33)34)7-36-24(41)26(45)37-13-2-3-15(19(29)6-13)25(44)39-22-16-8-42(9-17(16)22)27(46)38-14-4-12(35)5-14/h2-3,6-7,10,12,14,16-17,21-22H,4-5,8-9,11,35H2,1H3,(H,37,45)(H,38,46)(H,39,44)/t12?,14?,16-,17+,22?. The monoisotopic (exact) mass is 669 g/mol. The molecule has 0 spiro atoms. The van der Waals surface area contributed by atoms with Crippen LogP contribution in [0.5, 0.6) is 0 Å². The molecule has 18 heteroatoms. The Morgan fingerprint density at radius 2 is 1.80 bits per heavy atom. The Hall–Kier alpha value is -4.25. The van der Waals surface area contributed by atoms with Crippen molar-refractivity contribution in [2.75, 3.05) is 18.4 Å². The number of anilines is 1. The van der Waals surface area contributed by atoms with Gasteiger partial charge in [-0.15, -0.1) is 0 Å². The minimum atomic E-state index is -4.94. The van der Waals surface area contributed by atoms with Crippen LogP contribution >= 0.6 is 11.6 Å². The first-order valence-corrected chi connectivity index (χ1v) is 14.7. The van der Waals surface area contributed by atoms with E-state index >= 15 is 0 Å². The summed E-state index contributed by atoms with van der Waals surface area (Å²) in [5, 5.41) is 11.8. The van der Waals surface area contributed by atoms with Crippen molar-refractivity contribution in [1.82, 2.24) is 34.9 Å². The number of fused-ring (bicyclic) bond motifs is 1. The highest BCUT2D eigenvalue weighted by molar-refractivity contribution is 6.34. The lowest BCUT2D eigenvalue weighted by atomic mass is 9.88. The third-order valence-corrected chi connectivity index (χ3v) is 8.89. The Balaban J connectivity index is 1.06. The summed E-state index contributed by atoms with van der Waals surface area (Å²) in [5.74, 6) is -1.20. The van der Waals surface area contributed by atoms with Gasteiger partial charge in [0.2, 0.25) is 0 Å². The smallest absolute Gasteiger partial charge is 0.349 e. The van der Waals surface area contributed by atoms with Gasteiger partial charge < -0.3 is 31.2 Å². The molecule has 246 valence electrons. The van der Waals surface area contributed by atoms with E-state index in [4.69, 9.17) is 17.3 Å². The normalized spacial score (nSPS) is 23.6. The summed E-state index contributed by atoms with van der Waals surface area (Å²) >= 11 is 6.36. The maximum absolute atomic E-state index is 13.6. The third-order valence-electron chi connectivity index (χ3n) is 8.58. The molecule has 6 rings (SSSR count). The van der Waals surface area contributed by atoms with Gasteiger partial charge in [0.25, 0.3) is 18.2 Å². The van der Waals surface area contributed by atoms with E-state index in [2.05, 4.69) is 26.0 Å². The average Bonchev–Trinajstić information content (AvgIpc) is 3.35. The zero-order valence-electron chi connectivity index (χ0n) is 24.2. The molecule has 3 aliphatic rings. The predicted molar refractivity (Wildman–Crippen MR) is 154 cm³/mol. The van der Waals surface area contributed by atoms with E-state index in [0.29, 0.717) is 17.8 Å². The summed E-state index contributed by atoms with van der Waals surface area (Å²) in [7, 11) is 1.30. The van der Waals surface area contributed by atoms with Crippen LogP contribution < -0.4 is 21.7 Å². The summed E-state index contributed by atoms with van der Waals surface area (Å²) in [6, 6.07) is 4.23. The second-order valence-electron chi connectivity index (χ2n) is 11.8. The molecule has 1 unspecified atom stereocenters. The molecule has 0 bridgehead atoms. The van der Waals surface area contributed by atoms with Crippen molar-refractivity contribution in [1.29, 1.82) is 0 Å². The Kier molecular flexibility index (Phi) is 8.16. The maximum Gasteiger partial charge on any atom is 0.435 e. The van der Waals surface area contributed by atoms with Crippen LogP contribution in [-0.2, 0) is 19.8 Å². The van der Waals surface area contributed by atoms with E-state index in [1.807, 2.05) is 0 Å². The molecule has 5 N–H and O–H groups in total. The number of nitrogens with one attached hydrogen (secondary N) is 3. The van der Waals surface area contributed by atoms with Crippen molar-refractivity contribution in [3.8, 4) is 11.3 Å². The van der Waals surface area contributed by atoms with Crippen LogP contribution in [0.2, 0.25) is 5.02 Å². The largest absolute Gasteiger partial charge is 0.435 e. The van der Waals surface area contributed by atoms with Gasteiger partial charge in [-0.2, -0.15) is 18.3 Å². The highest BCUT2D eigenvalue weighted by atomic mass is 35.5. The minimum absolute atomic E-state index is 0.0441. The van der Waals surface area contributed by atoms with Crippen molar-refractivity contribution in [3.63, 3.8) is 0 Å². The number of carbonyl (C=O) groups excluding carboxylic acids is 3. The topological polar surface area (TPSA) is 152 Å². The number of carbonyl (C=O) groups is 3. The molecule has 12 nitrogen and oxygen atoms in total. The number of likely N-dealkylation sites (tertiary alicyclic amines) is 1. The number of hydrogen-bond donors (Lipinski definition) is 4. The van der Waals surface area contributed by atoms with Gasteiger partial charge in [-0.05, 0) is 31.0 Å². The molecule has 1 aromatic carbocycles. The summed E-state index contributed by atoms with van der Waals surface area (Å²) in [5.41, 5.74) is 4.05. The quantitative estimate of drug-likeness (QED) is 0.270. The van der Waals surface area contributed by atoms with Gasteiger partial charge in [0.05, 0.1) is 28.0 Å². The SMILES string of the molecule is Cn1c(-c2cn(CC(F)F)nc2C(F)(F)F)cnc1C(=O)Nc1ccc(C(=O)NC2[C@H]3CN(C(=O)NC4CC(N)C4)C[C@@H]23)c(Cl)c1. The summed E-state index contributed by atoms with van der Waals surface area (Å²) in [6.07, 6.45) is -4.50. The predicted octanol–water partition coefficient (Wildman–Crippen LogP) is 3.33.